The van der Waals surface area contributed by atoms with Crippen LogP contribution in [0.1, 0.15) is 34.6 Å². The van der Waals surface area contributed by atoms with Crippen LogP contribution in [0.15, 0.2) is 20.6 Å². The second-order valence-corrected chi connectivity index (χ2v) is 7.52. The van der Waals surface area contributed by atoms with Crippen molar-refractivity contribution < 1.29 is 37.7 Å². The molecule has 92 valence electrons. The Morgan fingerprint density at radius 1 is 0.938 bits per heavy atom. The molecule has 0 aromatic heterocycles. The molecule has 0 saturated carbocycles. The Labute approximate surface area is 112 Å². The SMILES string of the molecule is C[O][Ti+]([O]C)[C]1=C(C)C(C)=C(C)C1(C)C.[Cl-]. The monoisotopic (exact) mass is 280 g/mol. The van der Waals surface area contributed by atoms with E-state index in [9.17, 15) is 0 Å². The zero-order valence-corrected chi connectivity index (χ0v) is 13.5. The van der Waals surface area contributed by atoms with Crippen LogP contribution < -0.4 is 12.4 Å². The van der Waals surface area contributed by atoms with Crippen LogP contribution >= 0.6 is 0 Å². The van der Waals surface area contributed by atoms with E-state index in [0.29, 0.717) is 0 Å². The summed E-state index contributed by atoms with van der Waals surface area (Å²) in [6.45, 7) is 11.1. The standard InChI is InChI=1S/C10H15.2CH3O.ClH.Ti/c1-7-6-10(4,5)9(3)8(7)2;2*1-2;;/h1-5H3;2*1H3;1H;/q;2*-1;;+3/p-1. The molecule has 0 radical (unpaired) electrons. The fraction of sp³-hybridized carbons (Fsp3) is 0.667. The van der Waals surface area contributed by atoms with Gasteiger partial charge in [0.15, 0.2) is 0 Å². The van der Waals surface area contributed by atoms with E-state index in [-0.39, 0.29) is 17.8 Å². The van der Waals surface area contributed by atoms with Crippen molar-refractivity contribution in [2.45, 2.75) is 34.6 Å². The molecule has 0 spiro atoms. The summed E-state index contributed by atoms with van der Waals surface area (Å²) in [4.78, 5) is 0. The van der Waals surface area contributed by atoms with Crippen LogP contribution in [0.3, 0.4) is 0 Å². The van der Waals surface area contributed by atoms with Gasteiger partial charge in [0.25, 0.3) is 0 Å². The van der Waals surface area contributed by atoms with E-state index in [1.165, 1.54) is 20.6 Å². The third kappa shape index (κ3) is 2.46. The molecular formula is C12H21ClO2Ti. The average molecular weight is 281 g/mol. The molecule has 0 bridgehead atoms. The molecule has 1 aliphatic carbocycles. The molecule has 0 amide bonds. The van der Waals surface area contributed by atoms with E-state index in [1.807, 2.05) is 0 Å². The summed E-state index contributed by atoms with van der Waals surface area (Å²) in [6, 6.07) is 0. The van der Waals surface area contributed by atoms with Crippen LogP contribution in [0.25, 0.3) is 0 Å². The number of halogens is 1. The Morgan fingerprint density at radius 3 is 1.62 bits per heavy atom. The van der Waals surface area contributed by atoms with Crippen LogP contribution in [0.2, 0.25) is 0 Å². The van der Waals surface area contributed by atoms with Gasteiger partial charge >= 0.3 is 100 Å². The van der Waals surface area contributed by atoms with E-state index < -0.39 is 18.6 Å². The Bertz CT molecular complexity index is 328. The van der Waals surface area contributed by atoms with E-state index in [4.69, 9.17) is 6.64 Å². The Balaban J connectivity index is 0.00000225. The molecule has 0 N–H and O–H groups in total. The maximum absolute atomic E-state index is 5.55. The minimum Gasteiger partial charge on any atom is -1.00 e. The first-order valence-corrected chi connectivity index (χ1v) is 7.28. The molecule has 0 unspecified atom stereocenters. The summed E-state index contributed by atoms with van der Waals surface area (Å²) in [6.07, 6.45) is 0. The van der Waals surface area contributed by atoms with Crippen molar-refractivity contribution in [2.24, 2.45) is 5.41 Å². The van der Waals surface area contributed by atoms with Crippen LogP contribution in [-0.4, -0.2) is 14.2 Å². The van der Waals surface area contributed by atoms with Crippen molar-refractivity contribution >= 4 is 0 Å². The van der Waals surface area contributed by atoms with E-state index in [1.54, 1.807) is 14.2 Å². The first-order chi connectivity index (χ1) is 6.87. The predicted molar refractivity (Wildman–Crippen MR) is 58.9 cm³/mol. The fourth-order valence-electron chi connectivity index (χ4n) is 2.29. The zero-order chi connectivity index (χ0) is 11.8. The minimum atomic E-state index is -1.95. The molecule has 0 aromatic rings. The smallest absolute Gasteiger partial charge is 1.00 e. The van der Waals surface area contributed by atoms with Crippen molar-refractivity contribution in [3.63, 3.8) is 0 Å². The van der Waals surface area contributed by atoms with Crippen molar-refractivity contribution in [3.05, 3.63) is 20.6 Å². The molecule has 1 aliphatic rings. The van der Waals surface area contributed by atoms with Gasteiger partial charge in [0.2, 0.25) is 0 Å². The first kappa shape index (κ1) is 16.4. The summed E-state index contributed by atoms with van der Waals surface area (Å²) < 4.78 is 12.5. The average Bonchev–Trinajstić information content (AvgIpc) is 2.34. The summed E-state index contributed by atoms with van der Waals surface area (Å²) in [5, 5.41) is 0. The third-order valence-electron chi connectivity index (χ3n) is 3.64. The third-order valence-corrected chi connectivity index (χ3v) is 6.99. The maximum Gasteiger partial charge on any atom is -1.00 e. The Kier molecular flexibility index (Phi) is 5.98. The van der Waals surface area contributed by atoms with Gasteiger partial charge in [-0.15, -0.1) is 0 Å². The van der Waals surface area contributed by atoms with Crippen molar-refractivity contribution in [1.29, 1.82) is 0 Å². The molecule has 0 saturated heterocycles. The van der Waals surface area contributed by atoms with Gasteiger partial charge in [-0.2, -0.15) is 0 Å². The van der Waals surface area contributed by atoms with Crippen LogP contribution in [-0.2, 0) is 25.3 Å². The predicted octanol–water partition coefficient (Wildman–Crippen LogP) is 0.382. The minimum absolute atomic E-state index is 0. The molecule has 0 heterocycles. The number of hydrogen-bond acceptors (Lipinski definition) is 2. The molecule has 0 aromatic carbocycles. The molecule has 4 heteroatoms. The summed E-state index contributed by atoms with van der Waals surface area (Å²) in [5.41, 5.74) is 4.37. The van der Waals surface area contributed by atoms with Crippen LogP contribution in [0, 0.1) is 5.41 Å². The van der Waals surface area contributed by atoms with Gasteiger partial charge in [-0.05, 0) is 0 Å². The number of rotatable bonds is 3. The van der Waals surface area contributed by atoms with Gasteiger partial charge in [-0.3, -0.25) is 0 Å². The second kappa shape index (κ2) is 5.83. The second-order valence-electron chi connectivity index (χ2n) is 4.57. The molecule has 16 heavy (non-hydrogen) atoms. The van der Waals surface area contributed by atoms with Crippen molar-refractivity contribution in [1.82, 2.24) is 0 Å². The van der Waals surface area contributed by atoms with Gasteiger partial charge in [-0.25, -0.2) is 0 Å². The Hall–Kier alpha value is 0.404. The topological polar surface area (TPSA) is 18.5 Å². The summed E-state index contributed by atoms with van der Waals surface area (Å²) >= 11 is -1.95. The molecule has 1 rings (SSSR count). The fourth-order valence-corrected chi connectivity index (χ4v) is 5.05. The van der Waals surface area contributed by atoms with Gasteiger partial charge in [0.05, 0.1) is 0 Å². The van der Waals surface area contributed by atoms with Gasteiger partial charge in [0.1, 0.15) is 0 Å². The first-order valence-electron chi connectivity index (χ1n) is 5.22. The van der Waals surface area contributed by atoms with E-state index >= 15 is 0 Å². The van der Waals surface area contributed by atoms with Gasteiger partial charge in [0, 0.05) is 0 Å². The molecule has 0 fully saturated rings. The van der Waals surface area contributed by atoms with Gasteiger partial charge in [-0.1, -0.05) is 0 Å². The largest absolute Gasteiger partial charge is 1.00 e. The molecule has 0 atom stereocenters. The molecule has 0 aliphatic heterocycles. The van der Waals surface area contributed by atoms with E-state index in [2.05, 4.69) is 34.6 Å². The quantitative estimate of drug-likeness (QED) is 0.696. The summed E-state index contributed by atoms with van der Waals surface area (Å²) in [7, 11) is 3.52. The summed E-state index contributed by atoms with van der Waals surface area (Å²) in [5.74, 6) is 0. The van der Waals surface area contributed by atoms with Crippen LogP contribution in [0.4, 0.5) is 0 Å². The molecule has 2 nitrogen and oxygen atoms in total. The number of allylic oxidation sites excluding steroid dienone is 4. The van der Waals surface area contributed by atoms with Crippen molar-refractivity contribution in [2.75, 3.05) is 14.2 Å². The molecular weight excluding hydrogens is 259 g/mol. The maximum atomic E-state index is 5.55. The number of hydrogen-bond donors (Lipinski definition) is 0. The Morgan fingerprint density at radius 2 is 1.38 bits per heavy atom. The van der Waals surface area contributed by atoms with E-state index in [0.717, 1.165) is 0 Å². The normalized spacial score (nSPS) is 18.9. The van der Waals surface area contributed by atoms with Crippen molar-refractivity contribution in [3.8, 4) is 0 Å². The zero-order valence-electron chi connectivity index (χ0n) is 11.2. The van der Waals surface area contributed by atoms with Crippen LogP contribution in [0.5, 0.6) is 0 Å². The van der Waals surface area contributed by atoms with Gasteiger partial charge < -0.3 is 12.4 Å².